The standard InChI is InChI=1S/C26H30N6O3S/c1-16(22-6-4-5-9-28-22)10-24(33)30-25-21(12-27)20-8-7-18(11-23(20)36-25)15-35-26(34)29-13-19-14-32(3)31-17(19)2/h4-6,9,14,16,18H,7-8,10-11,13,15H2,1-3H3,(H,29,34)(H,30,33). The summed E-state index contributed by atoms with van der Waals surface area (Å²) in [5.74, 6) is 0.00558. The Labute approximate surface area is 214 Å². The summed E-state index contributed by atoms with van der Waals surface area (Å²) in [7, 11) is 1.84. The van der Waals surface area contributed by atoms with Crippen LogP contribution in [0.4, 0.5) is 9.80 Å². The molecule has 0 saturated heterocycles. The molecular weight excluding hydrogens is 476 g/mol. The van der Waals surface area contributed by atoms with Gasteiger partial charge in [-0.15, -0.1) is 11.3 Å². The fourth-order valence-corrected chi connectivity index (χ4v) is 5.79. The molecule has 3 aromatic heterocycles. The minimum Gasteiger partial charge on any atom is -0.449 e. The first kappa shape index (κ1) is 25.4. The van der Waals surface area contributed by atoms with E-state index in [1.54, 1.807) is 10.9 Å². The van der Waals surface area contributed by atoms with Crippen molar-refractivity contribution in [1.82, 2.24) is 20.1 Å². The SMILES string of the molecule is Cc1nn(C)cc1CNC(=O)OCC1CCc2c(sc(NC(=O)CC(C)c3ccccn3)c2C#N)C1. The van der Waals surface area contributed by atoms with Crippen LogP contribution in [0.2, 0.25) is 0 Å². The number of amides is 2. The average Bonchev–Trinajstić information content (AvgIpc) is 3.38. The Morgan fingerprint density at radius 2 is 2.22 bits per heavy atom. The third kappa shape index (κ3) is 6.10. The van der Waals surface area contributed by atoms with Crippen molar-refractivity contribution in [3.8, 4) is 6.07 Å². The number of ether oxygens (including phenoxy) is 1. The van der Waals surface area contributed by atoms with E-state index in [0.717, 1.165) is 40.2 Å². The van der Waals surface area contributed by atoms with E-state index in [4.69, 9.17) is 4.74 Å². The minimum atomic E-state index is -0.456. The number of aryl methyl sites for hydroxylation is 2. The summed E-state index contributed by atoms with van der Waals surface area (Å²) in [6.45, 7) is 4.54. The number of nitriles is 1. The first-order valence-corrected chi connectivity index (χ1v) is 12.8. The van der Waals surface area contributed by atoms with Crippen LogP contribution in [0.1, 0.15) is 58.6 Å². The van der Waals surface area contributed by atoms with Gasteiger partial charge < -0.3 is 15.4 Å². The van der Waals surface area contributed by atoms with Crippen LogP contribution in [0.15, 0.2) is 30.6 Å². The number of anilines is 1. The van der Waals surface area contributed by atoms with Gasteiger partial charge in [-0.2, -0.15) is 10.4 Å². The molecule has 36 heavy (non-hydrogen) atoms. The van der Waals surface area contributed by atoms with Crippen LogP contribution in [-0.2, 0) is 36.0 Å². The monoisotopic (exact) mass is 506 g/mol. The van der Waals surface area contributed by atoms with Crippen molar-refractivity contribution in [2.24, 2.45) is 13.0 Å². The van der Waals surface area contributed by atoms with Crippen LogP contribution >= 0.6 is 11.3 Å². The molecule has 10 heteroatoms. The average molecular weight is 507 g/mol. The second-order valence-electron chi connectivity index (χ2n) is 9.20. The Bertz CT molecular complexity index is 1280. The Kier molecular flexibility index (Phi) is 8.00. The van der Waals surface area contributed by atoms with Crippen molar-refractivity contribution in [3.63, 3.8) is 0 Å². The highest BCUT2D eigenvalue weighted by Crippen LogP contribution is 2.39. The Hall–Kier alpha value is -3.71. The molecule has 0 bridgehead atoms. The summed E-state index contributed by atoms with van der Waals surface area (Å²) < 4.78 is 7.18. The van der Waals surface area contributed by atoms with Gasteiger partial charge in [-0.3, -0.25) is 14.5 Å². The predicted octanol–water partition coefficient (Wildman–Crippen LogP) is 4.22. The predicted molar refractivity (Wildman–Crippen MR) is 137 cm³/mol. The molecule has 0 radical (unpaired) electrons. The number of fused-ring (bicyclic) bond motifs is 1. The Morgan fingerprint density at radius 1 is 1.39 bits per heavy atom. The number of carbonyl (C=O) groups is 2. The Balaban J connectivity index is 1.30. The van der Waals surface area contributed by atoms with E-state index in [1.165, 1.54) is 11.3 Å². The van der Waals surface area contributed by atoms with Gasteiger partial charge in [0, 0.05) is 54.5 Å². The molecule has 3 aromatic rings. The molecular formula is C26H30N6O3S. The first-order valence-electron chi connectivity index (χ1n) is 12.0. The normalized spacial score (nSPS) is 15.4. The number of hydrogen-bond donors (Lipinski definition) is 2. The van der Waals surface area contributed by atoms with Crippen LogP contribution in [0, 0.1) is 24.2 Å². The van der Waals surface area contributed by atoms with E-state index in [1.807, 2.05) is 45.3 Å². The number of thiophene rings is 1. The molecule has 3 heterocycles. The van der Waals surface area contributed by atoms with Crippen LogP contribution < -0.4 is 10.6 Å². The highest BCUT2D eigenvalue weighted by atomic mass is 32.1. The number of carbonyl (C=O) groups excluding carboxylic acids is 2. The highest BCUT2D eigenvalue weighted by Gasteiger charge is 2.27. The number of alkyl carbamates (subject to hydrolysis) is 1. The molecule has 1 aliphatic rings. The number of nitrogens with one attached hydrogen (secondary N) is 2. The van der Waals surface area contributed by atoms with Crippen LogP contribution in [-0.4, -0.2) is 33.4 Å². The molecule has 2 N–H and O–H groups in total. The van der Waals surface area contributed by atoms with E-state index >= 15 is 0 Å². The van der Waals surface area contributed by atoms with E-state index < -0.39 is 6.09 Å². The van der Waals surface area contributed by atoms with Crippen molar-refractivity contribution < 1.29 is 14.3 Å². The molecule has 9 nitrogen and oxygen atoms in total. The number of pyridine rings is 1. The van der Waals surface area contributed by atoms with Gasteiger partial charge in [-0.25, -0.2) is 4.79 Å². The van der Waals surface area contributed by atoms with E-state index in [-0.39, 0.29) is 24.2 Å². The molecule has 0 fully saturated rings. The molecule has 188 valence electrons. The maximum absolute atomic E-state index is 12.7. The number of aromatic nitrogens is 3. The van der Waals surface area contributed by atoms with Crippen molar-refractivity contribution in [1.29, 1.82) is 5.26 Å². The third-order valence-electron chi connectivity index (χ3n) is 6.40. The highest BCUT2D eigenvalue weighted by molar-refractivity contribution is 7.16. The van der Waals surface area contributed by atoms with Crippen molar-refractivity contribution in [2.75, 3.05) is 11.9 Å². The largest absolute Gasteiger partial charge is 0.449 e. The van der Waals surface area contributed by atoms with Gasteiger partial charge in [-0.1, -0.05) is 13.0 Å². The van der Waals surface area contributed by atoms with Gasteiger partial charge in [0.25, 0.3) is 0 Å². The number of rotatable bonds is 8. The zero-order valence-electron chi connectivity index (χ0n) is 20.7. The van der Waals surface area contributed by atoms with Gasteiger partial charge in [0.2, 0.25) is 5.91 Å². The van der Waals surface area contributed by atoms with Gasteiger partial charge in [0.1, 0.15) is 11.1 Å². The van der Waals surface area contributed by atoms with Crippen molar-refractivity contribution >= 4 is 28.3 Å². The molecule has 0 spiro atoms. The summed E-state index contributed by atoms with van der Waals surface area (Å²) in [5, 5.41) is 20.4. The summed E-state index contributed by atoms with van der Waals surface area (Å²) >= 11 is 1.45. The lowest BCUT2D eigenvalue weighted by Gasteiger charge is -2.21. The lowest BCUT2D eigenvalue weighted by atomic mass is 9.88. The first-order chi connectivity index (χ1) is 17.3. The van der Waals surface area contributed by atoms with E-state index in [2.05, 4.69) is 26.8 Å². The summed E-state index contributed by atoms with van der Waals surface area (Å²) in [6, 6.07) is 7.94. The molecule has 1 aliphatic carbocycles. The lowest BCUT2D eigenvalue weighted by Crippen LogP contribution is -2.27. The van der Waals surface area contributed by atoms with Gasteiger partial charge >= 0.3 is 6.09 Å². The van der Waals surface area contributed by atoms with Gasteiger partial charge in [0.15, 0.2) is 0 Å². The van der Waals surface area contributed by atoms with E-state index in [9.17, 15) is 14.9 Å². The zero-order valence-corrected chi connectivity index (χ0v) is 21.5. The second-order valence-corrected chi connectivity index (χ2v) is 10.3. The third-order valence-corrected chi connectivity index (χ3v) is 7.57. The molecule has 0 aromatic carbocycles. The summed E-state index contributed by atoms with van der Waals surface area (Å²) in [4.78, 5) is 30.3. The van der Waals surface area contributed by atoms with Crippen molar-refractivity contribution in [2.45, 2.75) is 52.0 Å². The fourth-order valence-electron chi connectivity index (χ4n) is 4.46. The summed E-state index contributed by atoms with van der Waals surface area (Å²) in [5.41, 5.74) is 4.24. The molecule has 0 saturated carbocycles. The molecule has 0 aliphatic heterocycles. The summed E-state index contributed by atoms with van der Waals surface area (Å²) in [6.07, 6.45) is 5.67. The van der Waals surface area contributed by atoms with Gasteiger partial charge in [0.05, 0.1) is 17.9 Å². The molecule has 2 unspecified atom stereocenters. The van der Waals surface area contributed by atoms with Crippen LogP contribution in [0.5, 0.6) is 0 Å². The Morgan fingerprint density at radius 3 is 2.92 bits per heavy atom. The number of hydrogen-bond acceptors (Lipinski definition) is 7. The van der Waals surface area contributed by atoms with Crippen LogP contribution in [0.3, 0.4) is 0 Å². The second kappa shape index (κ2) is 11.4. The minimum absolute atomic E-state index is 0.0268. The lowest BCUT2D eigenvalue weighted by molar-refractivity contribution is -0.116. The van der Waals surface area contributed by atoms with Crippen molar-refractivity contribution in [3.05, 3.63) is 63.5 Å². The topological polar surface area (TPSA) is 122 Å². The maximum Gasteiger partial charge on any atom is 0.407 e. The fraction of sp³-hybridized carbons (Fsp3) is 0.423. The van der Waals surface area contributed by atoms with E-state index in [0.29, 0.717) is 30.1 Å². The molecule has 4 rings (SSSR count). The van der Waals surface area contributed by atoms with Gasteiger partial charge in [-0.05, 0) is 49.8 Å². The molecule has 2 atom stereocenters. The molecule has 2 amide bonds. The maximum atomic E-state index is 12.7. The number of nitrogens with zero attached hydrogens (tertiary/aromatic N) is 4. The van der Waals surface area contributed by atoms with Crippen LogP contribution in [0.25, 0.3) is 0 Å². The smallest absolute Gasteiger partial charge is 0.407 e. The quantitative estimate of drug-likeness (QED) is 0.472. The zero-order chi connectivity index (χ0) is 25.7.